The van der Waals surface area contributed by atoms with Gasteiger partial charge in [-0.1, -0.05) is 11.6 Å². The summed E-state index contributed by atoms with van der Waals surface area (Å²) in [5, 5.41) is 17.4. The molecule has 1 N–H and O–H groups in total. The number of aromatic nitrogens is 3. The Kier molecular flexibility index (Phi) is 4.18. The number of nitro benzene ring substituents is 1. The molecule has 0 atom stereocenters. The predicted octanol–water partition coefficient (Wildman–Crippen LogP) is 1.95. The normalized spacial score (nSPS) is 10.4. The van der Waals surface area contributed by atoms with Crippen LogP contribution in [-0.4, -0.2) is 38.0 Å². The summed E-state index contributed by atoms with van der Waals surface area (Å²) in [7, 11) is 1.56. The van der Waals surface area contributed by atoms with E-state index in [1.54, 1.807) is 14.0 Å². The smallest absolute Gasteiger partial charge is 0.288 e. The number of benzene rings is 1. The number of aryl methyl sites for hydroxylation is 1. The molecule has 2 rings (SSSR count). The highest BCUT2D eigenvalue weighted by Gasteiger charge is 2.19. The van der Waals surface area contributed by atoms with Gasteiger partial charge in [-0.05, 0) is 19.1 Å². The summed E-state index contributed by atoms with van der Waals surface area (Å²) in [6.45, 7) is 1.94. The standard InChI is InChI=1S/C12H12ClN5O3/c1-7-14-11(16-15-7)6-17(2)12(19)8-3-4-9(13)10(5-8)18(20)21/h3-5H,6H2,1-2H3,(H,14,15,16). The number of halogens is 1. The molecular weight excluding hydrogens is 298 g/mol. The minimum atomic E-state index is -0.627. The molecule has 0 unspecified atom stereocenters. The maximum atomic E-state index is 12.2. The summed E-state index contributed by atoms with van der Waals surface area (Å²) in [6.07, 6.45) is 0. The lowest BCUT2D eigenvalue weighted by Crippen LogP contribution is -2.26. The number of H-pyrrole nitrogens is 1. The van der Waals surface area contributed by atoms with Crippen molar-refractivity contribution in [3.05, 3.63) is 50.5 Å². The van der Waals surface area contributed by atoms with Crippen LogP contribution in [0.2, 0.25) is 5.02 Å². The van der Waals surface area contributed by atoms with Crippen LogP contribution in [0.15, 0.2) is 18.2 Å². The summed E-state index contributed by atoms with van der Waals surface area (Å²) in [6, 6.07) is 3.93. The second kappa shape index (κ2) is 5.88. The lowest BCUT2D eigenvalue weighted by molar-refractivity contribution is -0.384. The summed E-state index contributed by atoms with van der Waals surface area (Å²) in [5.41, 5.74) is -0.120. The first-order chi connectivity index (χ1) is 9.88. The number of rotatable bonds is 4. The summed E-state index contributed by atoms with van der Waals surface area (Å²) in [4.78, 5) is 27.9. The molecule has 8 nitrogen and oxygen atoms in total. The van der Waals surface area contributed by atoms with Gasteiger partial charge in [0.1, 0.15) is 10.8 Å². The Labute approximate surface area is 124 Å². The zero-order valence-electron chi connectivity index (χ0n) is 11.3. The van der Waals surface area contributed by atoms with E-state index in [4.69, 9.17) is 11.6 Å². The van der Waals surface area contributed by atoms with Gasteiger partial charge in [-0.25, -0.2) is 4.98 Å². The molecule has 1 amide bonds. The molecule has 0 radical (unpaired) electrons. The van der Waals surface area contributed by atoms with E-state index in [0.29, 0.717) is 11.6 Å². The van der Waals surface area contributed by atoms with Crippen LogP contribution in [-0.2, 0) is 6.54 Å². The molecule has 1 aromatic carbocycles. The minimum Gasteiger partial charge on any atom is -0.334 e. The van der Waals surface area contributed by atoms with Gasteiger partial charge in [0.05, 0.1) is 11.5 Å². The Hall–Kier alpha value is -2.48. The molecule has 110 valence electrons. The zero-order valence-corrected chi connectivity index (χ0v) is 12.1. The molecule has 0 aliphatic heterocycles. The van der Waals surface area contributed by atoms with E-state index in [1.165, 1.54) is 17.0 Å². The van der Waals surface area contributed by atoms with E-state index in [0.717, 1.165) is 6.07 Å². The number of hydrogen-bond donors (Lipinski definition) is 1. The Morgan fingerprint density at radius 1 is 1.52 bits per heavy atom. The second-order valence-electron chi connectivity index (χ2n) is 4.42. The Morgan fingerprint density at radius 3 is 2.81 bits per heavy atom. The predicted molar refractivity (Wildman–Crippen MR) is 75.0 cm³/mol. The first-order valence-electron chi connectivity index (χ1n) is 5.95. The molecule has 0 aliphatic rings. The maximum Gasteiger partial charge on any atom is 0.288 e. The number of aromatic amines is 1. The molecular formula is C12H12ClN5O3. The third-order valence-electron chi connectivity index (χ3n) is 2.76. The number of nitro groups is 1. The van der Waals surface area contributed by atoms with E-state index < -0.39 is 4.92 Å². The molecule has 1 aromatic heterocycles. The number of nitrogens with zero attached hydrogens (tertiary/aromatic N) is 4. The van der Waals surface area contributed by atoms with Gasteiger partial charge in [-0.2, -0.15) is 5.10 Å². The molecule has 0 aliphatic carbocycles. The molecule has 0 saturated carbocycles. The minimum absolute atomic E-state index is 0.0104. The van der Waals surface area contributed by atoms with Gasteiger partial charge in [0.2, 0.25) is 0 Å². The van der Waals surface area contributed by atoms with Crippen molar-refractivity contribution in [3.8, 4) is 0 Å². The lowest BCUT2D eigenvalue weighted by Gasteiger charge is -2.15. The van der Waals surface area contributed by atoms with Crippen LogP contribution >= 0.6 is 11.6 Å². The SMILES string of the molecule is Cc1nc(CN(C)C(=O)c2ccc(Cl)c([N+](=O)[O-])c2)n[nH]1. The van der Waals surface area contributed by atoms with Gasteiger partial charge < -0.3 is 4.90 Å². The highest BCUT2D eigenvalue weighted by Crippen LogP contribution is 2.25. The number of carbonyl (C=O) groups excluding carboxylic acids is 1. The maximum absolute atomic E-state index is 12.2. The molecule has 0 saturated heterocycles. The number of hydrogen-bond acceptors (Lipinski definition) is 5. The van der Waals surface area contributed by atoms with E-state index in [2.05, 4.69) is 15.2 Å². The fraction of sp³-hybridized carbons (Fsp3) is 0.250. The van der Waals surface area contributed by atoms with Crippen LogP contribution in [0.1, 0.15) is 22.0 Å². The van der Waals surface area contributed by atoms with Crippen LogP contribution in [0, 0.1) is 17.0 Å². The van der Waals surface area contributed by atoms with Crippen molar-refractivity contribution >= 4 is 23.2 Å². The van der Waals surface area contributed by atoms with Crippen LogP contribution in [0.5, 0.6) is 0 Å². The highest BCUT2D eigenvalue weighted by atomic mass is 35.5. The highest BCUT2D eigenvalue weighted by molar-refractivity contribution is 6.32. The molecule has 2 aromatic rings. The Morgan fingerprint density at radius 2 is 2.24 bits per heavy atom. The largest absolute Gasteiger partial charge is 0.334 e. The first-order valence-corrected chi connectivity index (χ1v) is 6.33. The van der Waals surface area contributed by atoms with Gasteiger partial charge in [0.15, 0.2) is 5.82 Å². The number of amides is 1. The van der Waals surface area contributed by atoms with Crippen molar-refractivity contribution < 1.29 is 9.72 Å². The lowest BCUT2D eigenvalue weighted by atomic mass is 10.2. The number of carbonyl (C=O) groups is 1. The van der Waals surface area contributed by atoms with Gasteiger partial charge in [-0.3, -0.25) is 20.0 Å². The van der Waals surface area contributed by atoms with Crippen molar-refractivity contribution in [2.45, 2.75) is 13.5 Å². The molecule has 0 bridgehead atoms. The Balaban J connectivity index is 2.19. The van der Waals surface area contributed by atoms with Gasteiger partial charge in [0.25, 0.3) is 11.6 Å². The summed E-state index contributed by atoms with van der Waals surface area (Å²) in [5.74, 6) is 0.733. The quantitative estimate of drug-likeness (QED) is 0.686. The average molecular weight is 310 g/mol. The van der Waals surface area contributed by atoms with E-state index in [1.807, 2.05) is 0 Å². The summed E-state index contributed by atoms with van der Waals surface area (Å²) >= 11 is 5.72. The second-order valence-corrected chi connectivity index (χ2v) is 4.83. The van der Waals surface area contributed by atoms with Crippen molar-refractivity contribution in [3.63, 3.8) is 0 Å². The number of nitrogens with one attached hydrogen (secondary N) is 1. The van der Waals surface area contributed by atoms with E-state index in [-0.39, 0.29) is 28.7 Å². The van der Waals surface area contributed by atoms with E-state index in [9.17, 15) is 14.9 Å². The van der Waals surface area contributed by atoms with Crippen LogP contribution in [0.25, 0.3) is 0 Å². The monoisotopic (exact) mass is 309 g/mol. The molecule has 1 heterocycles. The van der Waals surface area contributed by atoms with Crippen molar-refractivity contribution in [2.75, 3.05) is 7.05 Å². The van der Waals surface area contributed by atoms with Crippen LogP contribution in [0.4, 0.5) is 5.69 Å². The molecule has 21 heavy (non-hydrogen) atoms. The third-order valence-corrected chi connectivity index (χ3v) is 3.08. The molecule has 0 fully saturated rings. The first kappa shape index (κ1) is 14.9. The van der Waals surface area contributed by atoms with Gasteiger partial charge in [-0.15, -0.1) is 0 Å². The fourth-order valence-electron chi connectivity index (χ4n) is 1.75. The van der Waals surface area contributed by atoms with Crippen LogP contribution < -0.4 is 0 Å². The van der Waals surface area contributed by atoms with Crippen molar-refractivity contribution in [2.24, 2.45) is 0 Å². The van der Waals surface area contributed by atoms with Crippen molar-refractivity contribution in [1.82, 2.24) is 20.1 Å². The average Bonchev–Trinajstić information content (AvgIpc) is 2.83. The third kappa shape index (κ3) is 3.34. The van der Waals surface area contributed by atoms with Gasteiger partial charge in [0, 0.05) is 18.7 Å². The zero-order chi connectivity index (χ0) is 15.6. The topological polar surface area (TPSA) is 105 Å². The van der Waals surface area contributed by atoms with Crippen LogP contribution in [0.3, 0.4) is 0 Å². The summed E-state index contributed by atoms with van der Waals surface area (Å²) < 4.78 is 0. The van der Waals surface area contributed by atoms with Gasteiger partial charge >= 0.3 is 0 Å². The molecule has 0 spiro atoms. The fourth-order valence-corrected chi connectivity index (χ4v) is 1.94. The van der Waals surface area contributed by atoms with E-state index >= 15 is 0 Å². The molecule has 9 heteroatoms. The van der Waals surface area contributed by atoms with Crippen molar-refractivity contribution in [1.29, 1.82) is 0 Å². The Bertz CT molecular complexity index is 700.